The summed E-state index contributed by atoms with van der Waals surface area (Å²) in [6.45, 7) is 0.369. The minimum Gasteiger partial charge on any atom is -0.396 e. The second-order valence-corrected chi connectivity index (χ2v) is 3.97. The van der Waals surface area contributed by atoms with Crippen LogP contribution in [0.25, 0.3) is 0 Å². The normalized spacial score (nSPS) is 10.4. The van der Waals surface area contributed by atoms with E-state index in [0.717, 1.165) is 6.42 Å². The molecule has 2 heteroatoms. The second kappa shape index (κ2) is 10.7. The zero-order chi connectivity index (χ0) is 8.36. The molecule has 0 fully saturated rings. The van der Waals surface area contributed by atoms with E-state index in [1.165, 1.54) is 43.0 Å². The van der Waals surface area contributed by atoms with Crippen molar-refractivity contribution in [3.8, 4) is 0 Å². The highest BCUT2D eigenvalue weighted by atomic mass is 127. The number of alkyl halides is 1. The fourth-order valence-electron chi connectivity index (χ4n) is 1.09. The summed E-state index contributed by atoms with van der Waals surface area (Å²) >= 11 is 2.43. The fraction of sp³-hybridized carbons (Fsp3) is 1.00. The molecule has 0 aromatic rings. The summed E-state index contributed by atoms with van der Waals surface area (Å²) in [5, 5.41) is 8.51. The minimum absolute atomic E-state index is 0.369. The van der Waals surface area contributed by atoms with Gasteiger partial charge in [0.25, 0.3) is 0 Å². The van der Waals surface area contributed by atoms with Crippen LogP contribution in [0.4, 0.5) is 0 Å². The van der Waals surface area contributed by atoms with Crippen LogP contribution < -0.4 is 0 Å². The van der Waals surface area contributed by atoms with Crippen LogP contribution in [0.5, 0.6) is 0 Å². The van der Waals surface area contributed by atoms with Crippen LogP contribution >= 0.6 is 22.6 Å². The van der Waals surface area contributed by atoms with Crippen molar-refractivity contribution in [2.24, 2.45) is 0 Å². The highest BCUT2D eigenvalue weighted by Crippen LogP contribution is 2.07. The fourth-order valence-corrected chi connectivity index (χ4v) is 1.63. The third kappa shape index (κ3) is 10.7. The van der Waals surface area contributed by atoms with Gasteiger partial charge in [-0.25, -0.2) is 0 Å². The first-order chi connectivity index (χ1) is 5.41. The van der Waals surface area contributed by atoms with Gasteiger partial charge in [0, 0.05) is 6.61 Å². The number of halogens is 1. The van der Waals surface area contributed by atoms with Gasteiger partial charge in [0.15, 0.2) is 0 Å². The molecule has 0 atom stereocenters. The first-order valence-electron chi connectivity index (χ1n) is 4.58. The lowest BCUT2D eigenvalue weighted by molar-refractivity contribution is 0.282. The van der Waals surface area contributed by atoms with E-state index in [2.05, 4.69) is 22.6 Å². The Morgan fingerprint density at radius 2 is 1.18 bits per heavy atom. The predicted molar refractivity (Wildman–Crippen MR) is 58.3 cm³/mol. The van der Waals surface area contributed by atoms with Gasteiger partial charge in [0.2, 0.25) is 0 Å². The highest BCUT2D eigenvalue weighted by molar-refractivity contribution is 14.1. The maximum Gasteiger partial charge on any atom is 0.0431 e. The summed E-state index contributed by atoms with van der Waals surface area (Å²) < 4.78 is 1.30. The Kier molecular flexibility index (Phi) is 11.4. The molecule has 0 bridgehead atoms. The summed E-state index contributed by atoms with van der Waals surface area (Å²) in [6.07, 6.45) is 9.02. The number of unbranched alkanes of at least 4 members (excludes halogenated alkanes) is 6. The van der Waals surface area contributed by atoms with E-state index < -0.39 is 0 Å². The van der Waals surface area contributed by atoms with Gasteiger partial charge >= 0.3 is 0 Å². The van der Waals surface area contributed by atoms with Crippen molar-refractivity contribution in [1.82, 2.24) is 0 Å². The summed E-state index contributed by atoms with van der Waals surface area (Å²) in [5.74, 6) is 0. The van der Waals surface area contributed by atoms with Crippen molar-refractivity contribution in [2.75, 3.05) is 11.0 Å². The van der Waals surface area contributed by atoms with Crippen molar-refractivity contribution < 1.29 is 5.11 Å². The maximum atomic E-state index is 8.51. The number of aliphatic hydroxyl groups excluding tert-OH is 1. The van der Waals surface area contributed by atoms with Gasteiger partial charge < -0.3 is 5.11 Å². The molecular weight excluding hydrogens is 251 g/mol. The van der Waals surface area contributed by atoms with Gasteiger partial charge in [-0.1, -0.05) is 54.7 Å². The molecule has 1 N–H and O–H groups in total. The number of aliphatic hydroxyl groups is 1. The topological polar surface area (TPSA) is 20.2 Å². The van der Waals surface area contributed by atoms with Crippen molar-refractivity contribution >= 4 is 22.6 Å². The van der Waals surface area contributed by atoms with Crippen molar-refractivity contribution in [1.29, 1.82) is 0 Å². The molecule has 0 aromatic carbocycles. The molecule has 0 aliphatic carbocycles. The quantitative estimate of drug-likeness (QED) is 0.408. The molecule has 0 heterocycles. The average molecular weight is 270 g/mol. The molecule has 0 unspecified atom stereocenters. The SMILES string of the molecule is OCCCCCCCCCI. The number of hydrogen-bond acceptors (Lipinski definition) is 1. The third-order valence-electron chi connectivity index (χ3n) is 1.79. The van der Waals surface area contributed by atoms with E-state index in [-0.39, 0.29) is 0 Å². The maximum absolute atomic E-state index is 8.51. The Labute approximate surface area is 83.7 Å². The summed E-state index contributed by atoms with van der Waals surface area (Å²) in [6, 6.07) is 0. The van der Waals surface area contributed by atoms with Gasteiger partial charge in [-0.05, 0) is 17.3 Å². The summed E-state index contributed by atoms with van der Waals surface area (Å²) in [7, 11) is 0. The van der Waals surface area contributed by atoms with Crippen LogP contribution in [0.1, 0.15) is 44.9 Å². The molecule has 0 amide bonds. The van der Waals surface area contributed by atoms with Gasteiger partial charge in [-0.2, -0.15) is 0 Å². The lowest BCUT2D eigenvalue weighted by atomic mass is 10.1. The van der Waals surface area contributed by atoms with Crippen LogP contribution in [0.3, 0.4) is 0 Å². The molecule has 0 aromatic heterocycles. The summed E-state index contributed by atoms with van der Waals surface area (Å²) in [5.41, 5.74) is 0. The van der Waals surface area contributed by atoms with E-state index >= 15 is 0 Å². The Bertz CT molecular complexity index is 58.6. The first-order valence-corrected chi connectivity index (χ1v) is 6.11. The lowest BCUT2D eigenvalue weighted by Gasteiger charge is -1.98. The largest absolute Gasteiger partial charge is 0.396 e. The Balaban J connectivity index is 2.69. The Hall–Kier alpha value is 0.690. The molecule has 0 aliphatic heterocycles. The molecule has 0 saturated heterocycles. The van der Waals surface area contributed by atoms with Gasteiger partial charge in [0.05, 0.1) is 0 Å². The molecule has 0 spiro atoms. The van der Waals surface area contributed by atoms with Crippen molar-refractivity contribution in [3.05, 3.63) is 0 Å². The first kappa shape index (κ1) is 11.7. The second-order valence-electron chi connectivity index (χ2n) is 2.89. The molecule has 0 rings (SSSR count). The summed E-state index contributed by atoms with van der Waals surface area (Å²) in [4.78, 5) is 0. The Morgan fingerprint density at radius 3 is 1.64 bits per heavy atom. The van der Waals surface area contributed by atoms with Crippen molar-refractivity contribution in [2.45, 2.75) is 44.9 Å². The minimum atomic E-state index is 0.369. The predicted octanol–water partition coefficient (Wildman–Crippen LogP) is 3.14. The Morgan fingerprint density at radius 1 is 0.727 bits per heavy atom. The van der Waals surface area contributed by atoms with Crippen LogP contribution in [-0.2, 0) is 0 Å². The van der Waals surface area contributed by atoms with Gasteiger partial charge in [0.1, 0.15) is 0 Å². The van der Waals surface area contributed by atoms with Gasteiger partial charge in [-0.15, -0.1) is 0 Å². The van der Waals surface area contributed by atoms with E-state index in [1.54, 1.807) is 0 Å². The van der Waals surface area contributed by atoms with Crippen LogP contribution in [-0.4, -0.2) is 16.1 Å². The van der Waals surface area contributed by atoms with Crippen molar-refractivity contribution in [3.63, 3.8) is 0 Å². The zero-order valence-electron chi connectivity index (χ0n) is 7.19. The molecule has 0 saturated carbocycles. The van der Waals surface area contributed by atoms with Crippen LogP contribution in [0, 0.1) is 0 Å². The monoisotopic (exact) mass is 270 g/mol. The van der Waals surface area contributed by atoms with E-state index in [0.29, 0.717) is 6.61 Å². The third-order valence-corrected chi connectivity index (χ3v) is 2.55. The van der Waals surface area contributed by atoms with E-state index in [9.17, 15) is 0 Å². The number of hydrogen-bond donors (Lipinski definition) is 1. The zero-order valence-corrected chi connectivity index (χ0v) is 9.35. The van der Waals surface area contributed by atoms with Gasteiger partial charge in [-0.3, -0.25) is 0 Å². The molecule has 0 radical (unpaired) electrons. The van der Waals surface area contributed by atoms with E-state index in [4.69, 9.17) is 5.11 Å². The smallest absolute Gasteiger partial charge is 0.0431 e. The lowest BCUT2D eigenvalue weighted by Crippen LogP contribution is -1.84. The molecule has 11 heavy (non-hydrogen) atoms. The van der Waals surface area contributed by atoms with Crippen LogP contribution in [0.15, 0.2) is 0 Å². The molecule has 0 aliphatic rings. The van der Waals surface area contributed by atoms with Crippen LogP contribution in [0.2, 0.25) is 0 Å². The molecule has 1 nitrogen and oxygen atoms in total. The number of rotatable bonds is 8. The standard InChI is InChI=1S/C9H19IO/c10-8-6-4-2-1-3-5-7-9-11/h11H,1-9H2. The average Bonchev–Trinajstić information content (AvgIpc) is 2.03. The molecular formula is C9H19IO. The van der Waals surface area contributed by atoms with E-state index in [1.807, 2.05) is 0 Å². The molecule has 68 valence electrons. The highest BCUT2D eigenvalue weighted by Gasteiger charge is 1.89.